The summed E-state index contributed by atoms with van der Waals surface area (Å²) < 4.78 is 6.13. The third-order valence-electron chi connectivity index (χ3n) is 4.09. The van der Waals surface area contributed by atoms with Gasteiger partial charge in [-0.2, -0.15) is 0 Å². The van der Waals surface area contributed by atoms with E-state index in [2.05, 4.69) is 54.6 Å². The molecule has 0 bridgehead atoms. The summed E-state index contributed by atoms with van der Waals surface area (Å²) in [5.41, 5.74) is 4.30. The van der Waals surface area contributed by atoms with Crippen molar-refractivity contribution in [1.82, 2.24) is 0 Å². The van der Waals surface area contributed by atoms with Crippen LogP contribution in [-0.4, -0.2) is 6.61 Å². The van der Waals surface area contributed by atoms with Gasteiger partial charge in [-0.25, -0.2) is 0 Å². The molecule has 0 amide bonds. The third-order valence-corrected chi connectivity index (χ3v) is 4.09. The predicted octanol–water partition coefficient (Wildman–Crippen LogP) is 4.71. The lowest BCUT2D eigenvalue weighted by atomic mass is 9.89. The molecular formula is C19H22O. The van der Waals surface area contributed by atoms with Crippen LogP contribution in [0.25, 0.3) is 0 Å². The summed E-state index contributed by atoms with van der Waals surface area (Å²) >= 11 is 0. The largest absolute Gasteiger partial charge is 0.374 e. The molecule has 0 saturated heterocycles. The molecule has 1 unspecified atom stereocenters. The standard InChI is InChI=1S/C19H22O/c1-2-8-16(9-3-1)10-7-15-20-19-14-6-12-17-11-4-5-13-18(17)19/h1-5,8-9,11,13,19H,6-7,10,12,14-15H2. The van der Waals surface area contributed by atoms with Gasteiger partial charge in [0.1, 0.15) is 0 Å². The molecular weight excluding hydrogens is 244 g/mol. The van der Waals surface area contributed by atoms with E-state index in [1.165, 1.54) is 36.0 Å². The molecule has 0 spiro atoms. The van der Waals surface area contributed by atoms with Gasteiger partial charge < -0.3 is 4.74 Å². The molecule has 0 aromatic heterocycles. The fourth-order valence-electron chi connectivity index (χ4n) is 3.03. The number of aryl methyl sites for hydroxylation is 2. The van der Waals surface area contributed by atoms with Crippen LogP contribution < -0.4 is 0 Å². The monoisotopic (exact) mass is 266 g/mol. The first-order valence-corrected chi connectivity index (χ1v) is 7.67. The first-order chi connectivity index (χ1) is 9.93. The van der Waals surface area contributed by atoms with E-state index in [1.807, 2.05) is 0 Å². The minimum Gasteiger partial charge on any atom is -0.374 e. The summed E-state index contributed by atoms with van der Waals surface area (Å²) in [6.45, 7) is 0.855. The molecule has 0 N–H and O–H groups in total. The van der Waals surface area contributed by atoms with Crippen molar-refractivity contribution in [1.29, 1.82) is 0 Å². The summed E-state index contributed by atoms with van der Waals surface area (Å²) in [5.74, 6) is 0. The van der Waals surface area contributed by atoms with Gasteiger partial charge in [-0.15, -0.1) is 0 Å². The Bertz CT molecular complexity index is 532. The van der Waals surface area contributed by atoms with Crippen molar-refractivity contribution in [2.75, 3.05) is 6.61 Å². The van der Waals surface area contributed by atoms with Crippen LogP contribution in [-0.2, 0) is 17.6 Å². The first kappa shape index (κ1) is 13.4. The van der Waals surface area contributed by atoms with Gasteiger partial charge >= 0.3 is 0 Å². The van der Waals surface area contributed by atoms with Crippen molar-refractivity contribution in [2.24, 2.45) is 0 Å². The van der Waals surface area contributed by atoms with E-state index in [9.17, 15) is 0 Å². The Kier molecular flexibility index (Phi) is 4.49. The van der Waals surface area contributed by atoms with Gasteiger partial charge in [-0.05, 0) is 48.8 Å². The first-order valence-electron chi connectivity index (χ1n) is 7.67. The molecule has 1 aliphatic rings. The van der Waals surface area contributed by atoms with Crippen molar-refractivity contribution in [3.05, 3.63) is 71.3 Å². The highest BCUT2D eigenvalue weighted by Crippen LogP contribution is 2.32. The van der Waals surface area contributed by atoms with Crippen LogP contribution in [0, 0.1) is 0 Å². The second kappa shape index (κ2) is 6.71. The van der Waals surface area contributed by atoms with Crippen LogP contribution in [0.5, 0.6) is 0 Å². The molecule has 0 heterocycles. The smallest absolute Gasteiger partial charge is 0.0827 e. The number of hydrogen-bond acceptors (Lipinski definition) is 1. The minimum absolute atomic E-state index is 0.315. The molecule has 3 rings (SSSR count). The molecule has 2 aromatic carbocycles. The SMILES string of the molecule is c1ccc(CCCOC2CCCc3ccccc32)cc1. The van der Waals surface area contributed by atoms with Crippen molar-refractivity contribution >= 4 is 0 Å². The zero-order chi connectivity index (χ0) is 13.6. The van der Waals surface area contributed by atoms with E-state index in [0.29, 0.717) is 6.10 Å². The van der Waals surface area contributed by atoms with Gasteiger partial charge in [0.25, 0.3) is 0 Å². The minimum atomic E-state index is 0.315. The Labute approximate surface area is 121 Å². The average Bonchev–Trinajstić information content (AvgIpc) is 2.53. The molecule has 20 heavy (non-hydrogen) atoms. The zero-order valence-corrected chi connectivity index (χ0v) is 11.9. The van der Waals surface area contributed by atoms with E-state index >= 15 is 0 Å². The van der Waals surface area contributed by atoms with E-state index in [1.54, 1.807) is 0 Å². The number of hydrogen-bond donors (Lipinski definition) is 0. The number of ether oxygens (including phenoxy) is 1. The Morgan fingerprint density at radius 1 is 0.950 bits per heavy atom. The Balaban J connectivity index is 1.50. The number of rotatable bonds is 5. The van der Waals surface area contributed by atoms with Gasteiger partial charge in [0.2, 0.25) is 0 Å². The second-order valence-electron chi connectivity index (χ2n) is 5.54. The lowest BCUT2D eigenvalue weighted by Gasteiger charge is -2.25. The highest BCUT2D eigenvalue weighted by atomic mass is 16.5. The van der Waals surface area contributed by atoms with Gasteiger partial charge in [0.15, 0.2) is 0 Å². The Hall–Kier alpha value is -1.60. The topological polar surface area (TPSA) is 9.23 Å². The lowest BCUT2D eigenvalue weighted by molar-refractivity contribution is 0.0394. The van der Waals surface area contributed by atoms with Gasteiger partial charge in [0.05, 0.1) is 6.10 Å². The maximum Gasteiger partial charge on any atom is 0.0827 e. The van der Waals surface area contributed by atoms with E-state index in [0.717, 1.165) is 19.4 Å². The third kappa shape index (κ3) is 3.29. The molecule has 1 nitrogen and oxygen atoms in total. The quantitative estimate of drug-likeness (QED) is 0.712. The summed E-state index contributed by atoms with van der Waals surface area (Å²) in [4.78, 5) is 0. The maximum absolute atomic E-state index is 6.13. The van der Waals surface area contributed by atoms with Gasteiger partial charge in [-0.1, -0.05) is 54.6 Å². The van der Waals surface area contributed by atoms with Crippen LogP contribution in [0.1, 0.15) is 42.1 Å². The second-order valence-corrected chi connectivity index (χ2v) is 5.54. The Morgan fingerprint density at radius 2 is 1.75 bits per heavy atom. The number of benzene rings is 2. The van der Waals surface area contributed by atoms with Crippen LogP contribution in [0.2, 0.25) is 0 Å². The average molecular weight is 266 g/mol. The van der Waals surface area contributed by atoms with Crippen molar-refractivity contribution in [3.63, 3.8) is 0 Å². The summed E-state index contributed by atoms with van der Waals surface area (Å²) in [5, 5.41) is 0. The Morgan fingerprint density at radius 3 is 2.65 bits per heavy atom. The molecule has 2 aromatic rings. The zero-order valence-electron chi connectivity index (χ0n) is 11.9. The van der Waals surface area contributed by atoms with Crippen molar-refractivity contribution in [3.8, 4) is 0 Å². The predicted molar refractivity (Wildman–Crippen MR) is 82.8 cm³/mol. The van der Waals surface area contributed by atoms with E-state index in [4.69, 9.17) is 4.74 Å². The number of fused-ring (bicyclic) bond motifs is 1. The van der Waals surface area contributed by atoms with Gasteiger partial charge in [0, 0.05) is 6.61 Å². The van der Waals surface area contributed by atoms with Gasteiger partial charge in [-0.3, -0.25) is 0 Å². The highest BCUT2D eigenvalue weighted by molar-refractivity contribution is 5.31. The van der Waals surface area contributed by atoms with Crippen molar-refractivity contribution < 1.29 is 4.74 Å². The van der Waals surface area contributed by atoms with E-state index in [-0.39, 0.29) is 0 Å². The summed E-state index contributed by atoms with van der Waals surface area (Å²) in [6.07, 6.45) is 6.15. The molecule has 0 radical (unpaired) electrons. The summed E-state index contributed by atoms with van der Waals surface area (Å²) in [7, 11) is 0. The van der Waals surface area contributed by atoms with Crippen LogP contribution in [0.4, 0.5) is 0 Å². The fraction of sp³-hybridized carbons (Fsp3) is 0.368. The summed E-state index contributed by atoms with van der Waals surface area (Å²) in [6, 6.07) is 19.4. The molecule has 0 aliphatic heterocycles. The van der Waals surface area contributed by atoms with Crippen LogP contribution in [0.3, 0.4) is 0 Å². The molecule has 0 fully saturated rings. The maximum atomic E-state index is 6.13. The molecule has 0 saturated carbocycles. The lowest BCUT2D eigenvalue weighted by Crippen LogP contribution is -2.13. The van der Waals surface area contributed by atoms with E-state index < -0.39 is 0 Å². The molecule has 104 valence electrons. The van der Waals surface area contributed by atoms with Crippen LogP contribution >= 0.6 is 0 Å². The van der Waals surface area contributed by atoms with Crippen molar-refractivity contribution in [2.45, 2.75) is 38.2 Å². The molecule has 1 atom stereocenters. The van der Waals surface area contributed by atoms with Crippen LogP contribution in [0.15, 0.2) is 54.6 Å². The fourth-order valence-corrected chi connectivity index (χ4v) is 3.03. The highest BCUT2D eigenvalue weighted by Gasteiger charge is 2.19. The normalized spacial score (nSPS) is 17.7. The molecule has 1 aliphatic carbocycles. The molecule has 1 heteroatoms.